The van der Waals surface area contributed by atoms with E-state index in [0.717, 1.165) is 25.0 Å². The molecule has 0 bridgehead atoms. The van der Waals surface area contributed by atoms with Crippen molar-refractivity contribution in [2.45, 2.75) is 58.5 Å². The van der Waals surface area contributed by atoms with Crippen LogP contribution in [0.5, 0.6) is 5.75 Å². The second-order valence-electron chi connectivity index (χ2n) is 9.40. The van der Waals surface area contributed by atoms with E-state index in [1.54, 1.807) is 49.4 Å². The highest BCUT2D eigenvalue weighted by atomic mass is 19.2. The van der Waals surface area contributed by atoms with Gasteiger partial charge in [0.15, 0.2) is 11.6 Å². The Morgan fingerprint density at radius 2 is 1.61 bits per heavy atom. The first-order chi connectivity index (χ1) is 17.5. The minimum absolute atomic E-state index is 0.0732. The predicted octanol–water partition coefficient (Wildman–Crippen LogP) is 9.40. The fraction of sp³-hybridized carbons (Fsp3) is 0.355. The minimum atomic E-state index is -1.05. The lowest BCUT2D eigenvalue weighted by Crippen LogP contribution is -2.20. The number of halogens is 3. The molecule has 1 heterocycles. The number of benzene rings is 3. The van der Waals surface area contributed by atoms with Gasteiger partial charge in [0.2, 0.25) is 5.82 Å². The molecule has 0 aliphatic carbocycles. The van der Waals surface area contributed by atoms with Gasteiger partial charge in [-0.1, -0.05) is 68.7 Å². The monoisotopic (exact) mass is 494 g/mol. The molecule has 3 aromatic rings. The summed E-state index contributed by atoms with van der Waals surface area (Å²) in [7, 11) is 0. The zero-order valence-electron chi connectivity index (χ0n) is 20.9. The highest BCUT2D eigenvalue weighted by Crippen LogP contribution is 2.36. The van der Waals surface area contributed by atoms with Crippen molar-refractivity contribution < 1.29 is 22.6 Å². The molecule has 190 valence electrons. The normalized spacial score (nSPS) is 18.0. The standard InChI is InChI=1S/C31H33F3O2/c1-3-5-6-7-21-8-16-28(36-20-21)24-13-14-25(27(32)19-24)22-9-11-23(12-10-22)26-15-17-29(35-18-4-2)31(34)30(26)33/h4,9-15,17-19,21,28H,3,5-8,16,20H2,1-2H3. The lowest BCUT2D eigenvalue weighted by Gasteiger charge is -2.29. The van der Waals surface area contributed by atoms with Gasteiger partial charge in [-0.15, -0.1) is 0 Å². The summed E-state index contributed by atoms with van der Waals surface area (Å²) >= 11 is 0. The topological polar surface area (TPSA) is 18.5 Å². The van der Waals surface area contributed by atoms with Crippen LogP contribution < -0.4 is 4.74 Å². The summed E-state index contributed by atoms with van der Waals surface area (Å²) in [5.41, 5.74) is 2.59. The van der Waals surface area contributed by atoms with Crippen LogP contribution in [0.15, 0.2) is 66.9 Å². The van der Waals surface area contributed by atoms with Crippen LogP contribution in [0.25, 0.3) is 22.3 Å². The first-order valence-corrected chi connectivity index (χ1v) is 12.8. The van der Waals surface area contributed by atoms with E-state index >= 15 is 4.39 Å². The molecule has 1 aliphatic heterocycles. The molecular formula is C31H33F3O2. The highest BCUT2D eigenvalue weighted by Gasteiger charge is 2.23. The van der Waals surface area contributed by atoms with E-state index in [-0.39, 0.29) is 23.2 Å². The summed E-state index contributed by atoms with van der Waals surface area (Å²) in [6.07, 6.45) is 9.75. The van der Waals surface area contributed by atoms with Gasteiger partial charge < -0.3 is 9.47 Å². The summed E-state index contributed by atoms with van der Waals surface area (Å²) in [5.74, 6) is -1.93. The maximum Gasteiger partial charge on any atom is 0.201 e. The Balaban J connectivity index is 1.45. The summed E-state index contributed by atoms with van der Waals surface area (Å²) in [5, 5.41) is 0. The third kappa shape index (κ3) is 6.01. The average Bonchev–Trinajstić information content (AvgIpc) is 2.90. The fourth-order valence-corrected chi connectivity index (χ4v) is 4.76. The fourth-order valence-electron chi connectivity index (χ4n) is 4.76. The Bertz CT molecular complexity index is 1180. The molecule has 1 saturated heterocycles. The Labute approximate surface area is 211 Å². The molecule has 5 heteroatoms. The smallest absolute Gasteiger partial charge is 0.201 e. The Hall–Kier alpha value is -3.05. The third-order valence-corrected chi connectivity index (χ3v) is 6.84. The number of hydrogen-bond donors (Lipinski definition) is 0. The van der Waals surface area contributed by atoms with Crippen LogP contribution in [0.2, 0.25) is 0 Å². The molecule has 0 N–H and O–H groups in total. The molecule has 0 saturated carbocycles. The van der Waals surface area contributed by atoms with Crippen LogP contribution in [0.3, 0.4) is 0 Å². The molecular weight excluding hydrogens is 461 g/mol. The van der Waals surface area contributed by atoms with Gasteiger partial charge >= 0.3 is 0 Å². The van der Waals surface area contributed by atoms with Crippen LogP contribution in [0.4, 0.5) is 13.2 Å². The third-order valence-electron chi connectivity index (χ3n) is 6.84. The van der Waals surface area contributed by atoms with Crippen molar-refractivity contribution in [2.75, 3.05) is 6.61 Å². The lowest BCUT2D eigenvalue weighted by atomic mass is 9.90. The van der Waals surface area contributed by atoms with Crippen molar-refractivity contribution in [3.63, 3.8) is 0 Å². The molecule has 4 rings (SSSR count). The van der Waals surface area contributed by atoms with Crippen molar-refractivity contribution in [2.24, 2.45) is 5.92 Å². The molecule has 0 spiro atoms. The summed E-state index contributed by atoms with van der Waals surface area (Å²) in [6.45, 7) is 4.66. The van der Waals surface area contributed by atoms with Gasteiger partial charge in [0.05, 0.1) is 19.0 Å². The molecule has 36 heavy (non-hydrogen) atoms. The van der Waals surface area contributed by atoms with E-state index in [1.807, 2.05) is 6.07 Å². The summed E-state index contributed by atoms with van der Waals surface area (Å²) in [4.78, 5) is 0. The van der Waals surface area contributed by atoms with Crippen LogP contribution in [0.1, 0.15) is 64.0 Å². The lowest BCUT2D eigenvalue weighted by molar-refractivity contribution is -0.0200. The molecule has 2 nitrogen and oxygen atoms in total. The Kier molecular flexibility index (Phi) is 8.87. The van der Waals surface area contributed by atoms with E-state index in [9.17, 15) is 8.78 Å². The number of hydrogen-bond acceptors (Lipinski definition) is 2. The van der Waals surface area contributed by atoms with Crippen molar-refractivity contribution in [1.29, 1.82) is 0 Å². The van der Waals surface area contributed by atoms with Crippen LogP contribution in [0, 0.1) is 23.4 Å². The second-order valence-corrected chi connectivity index (χ2v) is 9.40. The van der Waals surface area contributed by atoms with Crippen molar-refractivity contribution in [3.8, 4) is 28.0 Å². The quantitative estimate of drug-likeness (QED) is 0.218. The van der Waals surface area contributed by atoms with E-state index < -0.39 is 11.6 Å². The highest BCUT2D eigenvalue weighted by molar-refractivity contribution is 5.71. The van der Waals surface area contributed by atoms with E-state index in [2.05, 4.69) is 6.92 Å². The Morgan fingerprint density at radius 1 is 0.889 bits per heavy atom. The molecule has 0 aromatic heterocycles. The van der Waals surface area contributed by atoms with Crippen LogP contribution in [-0.4, -0.2) is 6.61 Å². The largest absolute Gasteiger partial charge is 0.462 e. The second kappa shape index (κ2) is 12.3. The first-order valence-electron chi connectivity index (χ1n) is 12.8. The zero-order chi connectivity index (χ0) is 25.5. The van der Waals surface area contributed by atoms with Gasteiger partial charge in [-0.2, -0.15) is 4.39 Å². The van der Waals surface area contributed by atoms with Crippen LogP contribution >= 0.6 is 0 Å². The molecule has 0 amide bonds. The molecule has 3 aromatic carbocycles. The predicted molar refractivity (Wildman–Crippen MR) is 138 cm³/mol. The van der Waals surface area contributed by atoms with Gasteiger partial charge in [0.25, 0.3) is 0 Å². The number of ether oxygens (including phenoxy) is 2. The van der Waals surface area contributed by atoms with Gasteiger partial charge in [-0.05, 0) is 67.0 Å². The number of unbranched alkanes of at least 4 members (excludes halogenated alkanes) is 2. The van der Waals surface area contributed by atoms with Crippen LogP contribution in [-0.2, 0) is 4.74 Å². The minimum Gasteiger partial charge on any atom is -0.462 e. The number of rotatable bonds is 9. The summed E-state index contributed by atoms with van der Waals surface area (Å²) in [6, 6.07) is 14.9. The van der Waals surface area contributed by atoms with Gasteiger partial charge in [-0.3, -0.25) is 0 Å². The molecule has 0 radical (unpaired) electrons. The molecule has 1 fully saturated rings. The average molecular weight is 495 g/mol. The molecule has 2 atom stereocenters. The van der Waals surface area contributed by atoms with E-state index in [0.29, 0.717) is 22.6 Å². The maximum absolute atomic E-state index is 15.1. The summed E-state index contributed by atoms with van der Waals surface area (Å²) < 4.78 is 55.2. The van der Waals surface area contributed by atoms with Gasteiger partial charge in [-0.25, -0.2) is 8.78 Å². The van der Waals surface area contributed by atoms with Gasteiger partial charge in [0.1, 0.15) is 5.82 Å². The molecule has 1 aliphatic rings. The molecule has 2 unspecified atom stereocenters. The SMILES string of the molecule is CC=COc1ccc(-c2ccc(-c3ccc(C4CCC(CCCCC)CO4)cc3F)cc2)c(F)c1F. The van der Waals surface area contributed by atoms with Crippen molar-refractivity contribution in [1.82, 2.24) is 0 Å². The Morgan fingerprint density at radius 3 is 2.25 bits per heavy atom. The number of allylic oxidation sites excluding steroid dienone is 1. The first kappa shape index (κ1) is 26.0. The van der Waals surface area contributed by atoms with Gasteiger partial charge in [0, 0.05) is 11.1 Å². The van der Waals surface area contributed by atoms with E-state index in [4.69, 9.17) is 9.47 Å². The van der Waals surface area contributed by atoms with Crippen molar-refractivity contribution >= 4 is 0 Å². The van der Waals surface area contributed by atoms with Crippen molar-refractivity contribution in [3.05, 3.63) is 90.0 Å². The zero-order valence-corrected chi connectivity index (χ0v) is 20.9. The maximum atomic E-state index is 15.1. The van der Waals surface area contributed by atoms with E-state index in [1.165, 1.54) is 44.1 Å².